The zero-order chi connectivity index (χ0) is 20.1. The van der Waals surface area contributed by atoms with E-state index in [2.05, 4.69) is 5.32 Å². The first-order valence-corrected chi connectivity index (χ1v) is 8.58. The fraction of sp³-hybridized carbons (Fsp3) is 0. The number of aliphatic hydroxyl groups is 1. The number of nitro benzene ring substituents is 1. The Bertz CT molecular complexity index is 1050. The van der Waals surface area contributed by atoms with Crippen LogP contribution in [0.4, 0.5) is 15.8 Å². The smallest absolute Gasteiger partial charge is 0.288 e. The molecule has 0 aliphatic heterocycles. The summed E-state index contributed by atoms with van der Waals surface area (Å²) in [5.41, 5.74) is 0.843. The van der Waals surface area contributed by atoms with E-state index in [0.29, 0.717) is 5.69 Å². The highest BCUT2D eigenvalue weighted by molar-refractivity contribution is 7.81. The lowest BCUT2D eigenvalue weighted by Gasteiger charge is -2.10. The first-order chi connectivity index (χ1) is 13.5. The van der Waals surface area contributed by atoms with Crippen molar-refractivity contribution in [3.05, 3.63) is 101 Å². The summed E-state index contributed by atoms with van der Waals surface area (Å²) < 4.78 is 14.7. The van der Waals surface area contributed by atoms with Crippen molar-refractivity contribution in [2.24, 2.45) is 0 Å². The van der Waals surface area contributed by atoms with Crippen molar-refractivity contribution in [2.45, 2.75) is 0 Å². The molecule has 6 nitrogen and oxygen atoms in total. The second-order valence-corrected chi connectivity index (χ2v) is 6.16. The molecular weight excluding hydrogens is 381 g/mol. The second kappa shape index (κ2) is 8.36. The van der Waals surface area contributed by atoms with E-state index < -0.39 is 4.92 Å². The number of thiocarbonyl (C=S) groups is 1. The zero-order valence-corrected chi connectivity index (χ0v) is 15.3. The molecule has 28 heavy (non-hydrogen) atoms. The predicted octanol–water partition coefficient (Wildman–Crippen LogP) is 4.34. The Morgan fingerprint density at radius 1 is 1.07 bits per heavy atom. The molecule has 0 spiro atoms. The molecule has 0 saturated heterocycles. The fourth-order valence-electron chi connectivity index (χ4n) is 2.52. The summed E-state index contributed by atoms with van der Waals surface area (Å²) >= 11 is 5.46. The lowest BCUT2D eigenvalue weighted by Crippen LogP contribution is -2.38. The lowest BCUT2D eigenvalue weighted by atomic mass is 10.1. The molecule has 0 aliphatic rings. The highest BCUT2D eigenvalue weighted by Crippen LogP contribution is 2.22. The number of halogens is 1. The molecule has 140 valence electrons. The van der Waals surface area contributed by atoms with Crippen LogP contribution in [-0.2, 0) is 0 Å². The normalized spacial score (nSPS) is 11.5. The van der Waals surface area contributed by atoms with Crippen LogP contribution in [0.1, 0.15) is 5.56 Å². The van der Waals surface area contributed by atoms with Crippen molar-refractivity contribution in [2.75, 3.05) is 5.32 Å². The number of pyridine rings is 1. The largest absolute Gasteiger partial charge is 0.502 e. The van der Waals surface area contributed by atoms with Gasteiger partial charge in [0.05, 0.1) is 4.92 Å². The molecule has 2 N–H and O–H groups in total. The number of aromatic nitrogens is 1. The van der Waals surface area contributed by atoms with Crippen LogP contribution < -0.4 is 9.88 Å². The number of benzene rings is 2. The first-order valence-electron chi connectivity index (χ1n) is 8.17. The Morgan fingerprint density at radius 3 is 2.39 bits per heavy atom. The van der Waals surface area contributed by atoms with Crippen molar-refractivity contribution in [3.8, 4) is 0 Å². The van der Waals surface area contributed by atoms with Crippen LogP contribution in [0.3, 0.4) is 0 Å². The van der Waals surface area contributed by atoms with Gasteiger partial charge in [-0.3, -0.25) is 10.1 Å². The number of nitrogens with one attached hydrogen (secondary N) is 1. The maximum absolute atomic E-state index is 13.1. The van der Waals surface area contributed by atoms with Crippen LogP contribution >= 0.6 is 12.2 Å². The first kappa shape index (κ1) is 19.1. The molecule has 0 atom stereocenters. The fourth-order valence-corrected chi connectivity index (χ4v) is 2.84. The molecule has 0 radical (unpaired) electrons. The van der Waals surface area contributed by atoms with Crippen molar-refractivity contribution >= 4 is 40.0 Å². The molecule has 1 aromatic heterocycles. The van der Waals surface area contributed by atoms with Crippen molar-refractivity contribution in [1.29, 1.82) is 0 Å². The van der Waals surface area contributed by atoms with E-state index in [-0.39, 0.29) is 33.5 Å². The highest BCUT2D eigenvalue weighted by Gasteiger charge is 2.24. The minimum Gasteiger partial charge on any atom is -0.502 e. The molecule has 0 fully saturated rings. The van der Waals surface area contributed by atoms with E-state index >= 15 is 0 Å². The van der Waals surface area contributed by atoms with Crippen molar-refractivity contribution < 1.29 is 19.0 Å². The van der Waals surface area contributed by atoms with Crippen LogP contribution in [-0.4, -0.2) is 15.0 Å². The van der Waals surface area contributed by atoms with E-state index in [1.165, 1.54) is 42.5 Å². The van der Waals surface area contributed by atoms with E-state index in [0.717, 1.165) is 0 Å². The molecular formula is C20H15FN3O3S+. The lowest BCUT2D eigenvalue weighted by molar-refractivity contribution is -0.575. The topological polar surface area (TPSA) is 79.3 Å². The van der Waals surface area contributed by atoms with Crippen LogP contribution in [0.5, 0.6) is 0 Å². The Balaban J connectivity index is 2.07. The third-order valence-electron chi connectivity index (χ3n) is 3.85. The van der Waals surface area contributed by atoms with E-state index in [1.54, 1.807) is 41.2 Å². The standard InChI is InChI=1S/C20H14FN3O3S/c21-15-7-9-16(10-8-15)22-20(28)18(23-11-2-1-3-12-23)19(25)14-5-4-6-17(13-14)24(26)27/h1-13H,(H-,22,25,28)/p+1. The SMILES string of the molecule is O=[N+]([O-])c1cccc(/C(O)=C(\C(=S)Nc2ccc(F)cc2)[n+]2ccccc2)c1. The molecule has 0 unspecified atom stereocenters. The molecule has 3 rings (SSSR count). The molecule has 0 amide bonds. The number of hydrogen-bond acceptors (Lipinski definition) is 4. The van der Waals surface area contributed by atoms with Gasteiger partial charge in [0.1, 0.15) is 5.82 Å². The van der Waals surface area contributed by atoms with E-state index in [4.69, 9.17) is 12.2 Å². The third-order valence-corrected chi connectivity index (χ3v) is 4.14. The van der Waals surface area contributed by atoms with Gasteiger partial charge >= 0.3 is 0 Å². The van der Waals surface area contributed by atoms with Crippen LogP contribution in [0.25, 0.3) is 11.5 Å². The Kier molecular flexibility index (Phi) is 5.71. The molecule has 2 aromatic carbocycles. The van der Waals surface area contributed by atoms with Gasteiger partial charge in [0.2, 0.25) is 0 Å². The quantitative estimate of drug-likeness (QED) is 0.167. The number of rotatable bonds is 5. The van der Waals surface area contributed by atoms with E-state index in [9.17, 15) is 19.6 Å². The van der Waals surface area contributed by atoms with Gasteiger partial charge in [-0.25, -0.2) is 4.39 Å². The van der Waals surface area contributed by atoms with Gasteiger partial charge < -0.3 is 10.4 Å². The van der Waals surface area contributed by atoms with Crippen molar-refractivity contribution in [1.82, 2.24) is 0 Å². The van der Waals surface area contributed by atoms with Crippen LogP contribution in [0.2, 0.25) is 0 Å². The van der Waals surface area contributed by atoms with Gasteiger partial charge in [-0.2, -0.15) is 4.57 Å². The average Bonchev–Trinajstić information content (AvgIpc) is 2.70. The number of nitro groups is 1. The average molecular weight is 396 g/mol. The Labute approximate surface area is 165 Å². The van der Waals surface area contributed by atoms with Gasteiger partial charge in [-0.05, 0) is 24.3 Å². The summed E-state index contributed by atoms with van der Waals surface area (Å²) in [5.74, 6) is -0.622. The number of hydrogen-bond donors (Lipinski definition) is 2. The molecule has 0 saturated carbocycles. The van der Waals surface area contributed by atoms with Gasteiger partial charge in [-0.1, -0.05) is 30.4 Å². The van der Waals surface area contributed by atoms with Crippen LogP contribution in [0, 0.1) is 15.9 Å². The summed E-state index contributed by atoms with van der Waals surface area (Å²) in [6, 6.07) is 16.5. The highest BCUT2D eigenvalue weighted by atomic mass is 32.1. The maximum Gasteiger partial charge on any atom is 0.288 e. The van der Waals surface area contributed by atoms with Gasteiger partial charge in [-0.15, -0.1) is 0 Å². The van der Waals surface area contributed by atoms with Gasteiger partial charge in [0.25, 0.3) is 11.4 Å². The van der Waals surface area contributed by atoms with E-state index in [1.807, 2.05) is 0 Å². The molecule has 0 aliphatic carbocycles. The number of aliphatic hydroxyl groups excluding tert-OH is 1. The number of non-ortho nitro benzene ring substituents is 1. The summed E-state index contributed by atoms with van der Waals surface area (Å²) in [4.78, 5) is 10.7. The summed E-state index contributed by atoms with van der Waals surface area (Å²) in [7, 11) is 0. The molecule has 1 heterocycles. The number of anilines is 1. The van der Waals surface area contributed by atoms with Gasteiger partial charge in [0, 0.05) is 35.5 Å². The summed E-state index contributed by atoms with van der Waals surface area (Å²) in [6.07, 6.45) is 3.36. The third kappa shape index (κ3) is 4.36. The summed E-state index contributed by atoms with van der Waals surface area (Å²) in [5, 5.41) is 24.9. The molecule has 3 aromatic rings. The Morgan fingerprint density at radius 2 is 1.75 bits per heavy atom. The second-order valence-electron chi connectivity index (χ2n) is 5.75. The predicted molar refractivity (Wildman–Crippen MR) is 108 cm³/mol. The van der Waals surface area contributed by atoms with Gasteiger partial charge in [0.15, 0.2) is 23.1 Å². The minimum atomic E-state index is -0.540. The molecule has 0 bridgehead atoms. The molecule has 8 heteroatoms. The monoisotopic (exact) mass is 396 g/mol. The maximum atomic E-state index is 13.1. The van der Waals surface area contributed by atoms with Crippen LogP contribution in [0.15, 0.2) is 79.1 Å². The van der Waals surface area contributed by atoms with Crippen molar-refractivity contribution in [3.63, 3.8) is 0 Å². The minimum absolute atomic E-state index is 0.154. The summed E-state index contributed by atoms with van der Waals surface area (Å²) in [6.45, 7) is 0. The zero-order valence-electron chi connectivity index (χ0n) is 14.4. The Hall–Kier alpha value is -3.65. The number of nitrogens with zero attached hydrogens (tertiary/aromatic N) is 2.